The van der Waals surface area contributed by atoms with Gasteiger partial charge < -0.3 is 4.90 Å². The standard InChI is InChI=1S/C12H18ClN3S/c1-2-4-10-11(13)14-9-15-12(10)16-5-3-7-17-8-6-16/h9H,2-8H2,1H3. The molecule has 0 atom stereocenters. The predicted molar refractivity (Wildman–Crippen MR) is 75.2 cm³/mol. The van der Waals surface area contributed by atoms with Crippen LogP contribution in [0.15, 0.2) is 6.33 Å². The van der Waals surface area contributed by atoms with Crippen molar-refractivity contribution in [3.63, 3.8) is 0 Å². The van der Waals surface area contributed by atoms with Gasteiger partial charge in [-0.3, -0.25) is 0 Å². The second kappa shape index (κ2) is 6.45. The summed E-state index contributed by atoms with van der Waals surface area (Å²) in [4.78, 5) is 10.9. The van der Waals surface area contributed by atoms with Crippen molar-refractivity contribution in [1.29, 1.82) is 0 Å². The quantitative estimate of drug-likeness (QED) is 0.791. The average molecular weight is 272 g/mol. The monoisotopic (exact) mass is 271 g/mol. The molecular formula is C12H18ClN3S. The molecule has 94 valence electrons. The highest BCUT2D eigenvalue weighted by molar-refractivity contribution is 7.99. The first-order valence-corrected chi connectivity index (χ1v) is 7.68. The Morgan fingerprint density at radius 2 is 2.24 bits per heavy atom. The largest absolute Gasteiger partial charge is 0.355 e. The van der Waals surface area contributed by atoms with Crippen LogP contribution in [0.2, 0.25) is 5.15 Å². The highest BCUT2D eigenvalue weighted by Gasteiger charge is 2.17. The van der Waals surface area contributed by atoms with Gasteiger partial charge in [-0.05, 0) is 18.6 Å². The summed E-state index contributed by atoms with van der Waals surface area (Å²) in [5.41, 5.74) is 1.11. The number of hydrogen-bond donors (Lipinski definition) is 0. The zero-order chi connectivity index (χ0) is 12.1. The molecule has 0 amide bonds. The molecule has 5 heteroatoms. The fourth-order valence-electron chi connectivity index (χ4n) is 2.08. The Morgan fingerprint density at radius 1 is 1.35 bits per heavy atom. The minimum absolute atomic E-state index is 0.619. The molecular weight excluding hydrogens is 254 g/mol. The van der Waals surface area contributed by atoms with E-state index in [4.69, 9.17) is 11.6 Å². The molecule has 0 N–H and O–H groups in total. The smallest absolute Gasteiger partial charge is 0.137 e. The summed E-state index contributed by atoms with van der Waals surface area (Å²) in [5, 5.41) is 0.619. The van der Waals surface area contributed by atoms with Gasteiger partial charge in [0.2, 0.25) is 0 Å². The Balaban J connectivity index is 2.25. The molecule has 1 aliphatic rings. The molecule has 0 radical (unpaired) electrons. The van der Waals surface area contributed by atoms with E-state index in [1.807, 2.05) is 11.8 Å². The van der Waals surface area contributed by atoms with Crippen LogP contribution in [0.4, 0.5) is 5.82 Å². The van der Waals surface area contributed by atoms with Crippen molar-refractivity contribution in [1.82, 2.24) is 9.97 Å². The van der Waals surface area contributed by atoms with E-state index >= 15 is 0 Å². The van der Waals surface area contributed by atoms with Crippen LogP contribution in [0.5, 0.6) is 0 Å². The average Bonchev–Trinajstić information content (AvgIpc) is 2.60. The fourth-order valence-corrected chi connectivity index (χ4v) is 3.19. The maximum Gasteiger partial charge on any atom is 0.137 e. The number of nitrogens with zero attached hydrogens (tertiary/aromatic N) is 3. The summed E-state index contributed by atoms with van der Waals surface area (Å²) in [5.74, 6) is 3.47. The molecule has 17 heavy (non-hydrogen) atoms. The lowest BCUT2D eigenvalue weighted by atomic mass is 10.1. The maximum atomic E-state index is 6.19. The number of hydrogen-bond acceptors (Lipinski definition) is 4. The van der Waals surface area contributed by atoms with E-state index in [2.05, 4.69) is 21.8 Å². The molecule has 0 aromatic carbocycles. The summed E-state index contributed by atoms with van der Waals surface area (Å²) in [6.07, 6.45) is 4.83. The van der Waals surface area contributed by atoms with Crippen LogP contribution in [0.25, 0.3) is 0 Å². The molecule has 3 nitrogen and oxygen atoms in total. The molecule has 0 aliphatic carbocycles. The molecule has 2 heterocycles. The summed E-state index contributed by atoms with van der Waals surface area (Å²) < 4.78 is 0. The number of thioether (sulfide) groups is 1. The first-order valence-electron chi connectivity index (χ1n) is 6.15. The minimum Gasteiger partial charge on any atom is -0.355 e. The molecule has 2 rings (SSSR count). The number of anilines is 1. The van der Waals surface area contributed by atoms with E-state index in [1.165, 1.54) is 17.9 Å². The van der Waals surface area contributed by atoms with E-state index in [9.17, 15) is 0 Å². The van der Waals surface area contributed by atoms with Crippen LogP contribution in [0.1, 0.15) is 25.3 Å². The van der Waals surface area contributed by atoms with E-state index in [1.54, 1.807) is 6.33 Å². The van der Waals surface area contributed by atoms with Crippen LogP contribution in [-0.2, 0) is 6.42 Å². The van der Waals surface area contributed by atoms with Crippen molar-refractivity contribution in [2.24, 2.45) is 0 Å². The first-order chi connectivity index (χ1) is 8.33. The SMILES string of the molecule is CCCc1c(Cl)ncnc1N1CCCSCC1. The van der Waals surface area contributed by atoms with Gasteiger partial charge in [-0.2, -0.15) is 11.8 Å². The van der Waals surface area contributed by atoms with Crippen molar-refractivity contribution in [2.45, 2.75) is 26.2 Å². The van der Waals surface area contributed by atoms with Gasteiger partial charge >= 0.3 is 0 Å². The van der Waals surface area contributed by atoms with Gasteiger partial charge in [0.05, 0.1) is 0 Å². The van der Waals surface area contributed by atoms with Crippen molar-refractivity contribution >= 4 is 29.2 Å². The van der Waals surface area contributed by atoms with E-state index in [0.29, 0.717) is 5.15 Å². The van der Waals surface area contributed by atoms with Crippen molar-refractivity contribution < 1.29 is 0 Å². The zero-order valence-electron chi connectivity index (χ0n) is 10.2. The highest BCUT2D eigenvalue weighted by atomic mass is 35.5. The van der Waals surface area contributed by atoms with Gasteiger partial charge in [0.1, 0.15) is 17.3 Å². The van der Waals surface area contributed by atoms with Crippen molar-refractivity contribution in [3.05, 3.63) is 17.0 Å². The molecule has 0 spiro atoms. The van der Waals surface area contributed by atoms with Crippen LogP contribution in [-0.4, -0.2) is 34.6 Å². The number of aromatic nitrogens is 2. The van der Waals surface area contributed by atoms with Crippen molar-refractivity contribution in [2.75, 3.05) is 29.5 Å². The lowest BCUT2D eigenvalue weighted by Crippen LogP contribution is -2.27. The molecule has 1 aliphatic heterocycles. The van der Waals surface area contributed by atoms with Gasteiger partial charge in [0, 0.05) is 24.4 Å². The summed E-state index contributed by atoms with van der Waals surface area (Å²) in [7, 11) is 0. The Kier molecular flexibility index (Phi) is 4.92. The molecule has 1 aromatic rings. The summed E-state index contributed by atoms with van der Waals surface area (Å²) in [6.45, 7) is 4.30. The Morgan fingerprint density at radius 3 is 3.06 bits per heavy atom. The second-order valence-electron chi connectivity index (χ2n) is 4.17. The van der Waals surface area contributed by atoms with Gasteiger partial charge in [-0.25, -0.2) is 9.97 Å². The minimum atomic E-state index is 0.619. The fraction of sp³-hybridized carbons (Fsp3) is 0.667. The van der Waals surface area contributed by atoms with E-state index in [0.717, 1.165) is 37.3 Å². The summed E-state index contributed by atoms with van der Waals surface area (Å²) >= 11 is 8.20. The lowest BCUT2D eigenvalue weighted by Gasteiger charge is -2.23. The van der Waals surface area contributed by atoms with Gasteiger partial charge in [0.15, 0.2) is 0 Å². The van der Waals surface area contributed by atoms with Gasteiger partial charge in [-0.1, -0.05) is 24.9 Å². The number of rotatable bonds is 3. The van der Waals surface area contributed by atoms with E-state index in [-0.39, 0.29) is 0 Å². The maximum absolute atomic E-state index is 6.19. The predicted octanol–water partition coefficient (Wildman–Crippen LogP) is 3.03. The molecule has 0 unspecified atom stereocenters. The van der Waals surface area contributed by atoms with Crippen LogP contribution < -0.4 is 4.90 Å². The number of halogens is 1. The lowest BCUT2D eigenvalue weighted by molar-refractivity contribution is 0.780. The molecule has 1 aromatic heterocycles. The molecule has 0 saturated carbocycles. The molecule has 0 bridgehead atoms. The van der Waals surface area contributed by atoms with Crippen LogP contribution in [0, 0.1) is 0 Å². The van der Waals surface area contributed by atoms with Gasteiger partial charge in [-0.15, -0.1) is 0 Å². The summed E-state index contributed by atoms with van der Waals surface area (Å²) in [6, 6.07) is 0. The van der Waals surface area contributed by atoms with Crippen molar-refractivity contribution in [3.8, 4) is 0 Å². The van der Waals surface area contributed by atoms with Gasteiger partial charge in [0.25, 0.3) is 0 Å². The Bertz CT molecular complexity index is 365. The zero-order valence-corrected chi connectivity index (χ0v) is 11.7. The second-order valence-corrected chi connectivity index (χ2v) is 5.75. The normalized spacial score (nSPS) is 16.9. The molecule has 1 fully saturated rings. The Labute approximate surface area is 112 Å². The Hall–Kier alpha value is -0.480. The topological polar surface area (TPSA) is 29.0 Å². The van der Waals surface area contributed by atoms with Crippen LogP contribution in [0.3, 0.4) is 0 Å². The van der Waals surface area contributed by atoms with Crippen LogP contribution >= 0.6 is 23.4 Å². The first kappa shape index (κ1) is 13.0. The molecule has 1 saturated heterocycles. The third-order valence-electron chi connectivity index (χ3n) is 2.89. The third-order valence-corrected chi connectivity index (χ3v) is 4.27. The van der Waals surface area contributed by atoms with E-state index < -0.39 is 0 Å². The third kappa shape index (κ3) is 3.26. The highest BCUT2D eigenvalue weighted by Crippen LogP contribution is 2.26.